The highest BCUT2D eigenvalue weighted by atomic mass is 16.5. The number of rotatable bonds is 6. The maximum absolute atomic E-state index is 12.7. The minimum atomic E-state index is -0.802. The van der Waals surface area contributed by atoms with Gasteiger partial charge in [-0.2, -0.15) is 0 Å². The van der Waals surface area contributed by atoms with Gasteiger partial charge in [0.05, 0.1) is 6.10 Å². The third kappa shape index (κ3) is 3.55. The van der Waals surface area contributed by atoms with Crippen molar-refractivity contribution in [3.05, 3.63) is 35.9 Å². The van der Waals surface area contributed by atoms with Crippen molar-refractivity contribution in [2.75, 3.05) is 13.2 Å². The van der Waals surface area contributed by atoms with Crippen LogP contribution in [0.4, 0.5) is 4.79 Å². The van der Waals surface area contributed by atoms with Crippen molar-refractivity contribution in [2.45, 2.75) is 50.7 Å². The van der Waals surface area contributed by atoms with Crippen molar-refractivity contribution in [3.8, 4) is 0 Å². The van der Waals surface area contributed by atoms with Gasteiger partial charge in [-0.3, -0.25) is 9.69 Å². The highest BCUT2D eigenvalue weighted by Crippen LogP contribution is 2.24. The predicted octanol–water partition coefficient (Wildman–Crippen LogP) is 2.50. The molecule has 5 nitrogen and oxygen atoms in total. The molecule has 2 fully saturated rings. The summed E-state index contributed by atoms with van der Waals surface area (Å²) in [6.07, 6.45) is 4.38. The maximum atomic E-state index is 12.7. The lowest BCUT2D eigenvalue weighted by Gasteiger charge is -2.22. The second kappa shape index (κ2) is 6.71. The standard InChI is InChI=1S/C18H24N2O3/c1-18(11-9-14-6-3-2-4-7-14)16(21)20(17(22)19-18)12-10-15-8-5-13-23-15/h2-4,6-7,15H,5,8-13H2,1H3,(H,19,22). The first kappa shape index (κ1) is 16.0. The van der Waals surface area contributed by atoms with Crippen LogP contribution in [0.2, 0.25) is 0 Å². The first-order chi connectivity index (χ1) is 11.1. The van der Waals surface area contributed by atoms with Crippen LogP contribution in [0.3, 0.4) is 0 Å². The Labute approximate surface area is 137 Å². The van der Waals surface area contributed by atoms with Crippen LogP contribution in [0.25, 0.3) is 0 Å². The van der Waals surface area contributed by atoms with Crippen LogP contribution in [-0.2, 0) is 16.0 Å². The molecule has 0 radical (unpaired) electrons. The van der Waals surface area contributed by atoms with Gasteiger partial charge in [0.15, 0.2) is 0 Å². The third-order valence-corrected chi connectivity index (χ3v) is 4.80. The van der Waals surface area contributed by atoms with Gasteiger partial charge in [-0.15, -0.1) is 0 Å². The van der Waals surface area contributed by atoms with Gasteiger partial charge in [-0.25, -0.2) is 4.79 Å². The van der Waals surface area contributed by atoms with E-state index in [1.54, 1.807) is 0 Å². The van der Waals surface area contributed by atoms with Crippen molar-refractivity contribution in [1.82, 2.24) is 10.2 Å². The number of ether oxygens (including phenoxy) is 1. The highest BCUT2D eigenvalue weighted by molar-refractivity contribution is 6.06. The Morgan fingerprint density at radius 1 is 1.30 bits per heavy atom. The smallest absolute Gasteiger partial charge is 0.325 e. The van der Waals surface area contributed by atoms with E-state index < -0.39 is 5.54 Å². The zero-order valence-corrected chi connectivity index (χ0v) is 13.6. The fourth-order valence-electron chi connectivity index (χ4n) is 3.30. The van der Waals surface area contributed by atoms with Crippen molar-refractivity contribution >= 4 is 11.9 Å². The fourth-order valence-corrected chi connectivity index (χ4v) is 3.30. The van der Waals surface area contributed by atoms with E-state index in [4.69, 9.17) is 4.74 Å². The Balaban J connectivity index is 1.57. The molecule has 2 aliphatic heterocycles. The number of amides is 3. The monoisotopic (exact) mass is 316 g/mol. The number of nitrogens with one attached hydrogen (secondary N) is 1. The Morgan fingerprint density at radius 3 is 2.78 bits per heavy atom. The molecule has 124 valence electrons. The summed E-state index contributed by atoms with van der Waals surface area (Å²) in [4.78, 5) is 26.2. The third-order valence-electron chi connectivity index (χ3n) is 4.80. The van der Waals surface area contributed by atoms with Crippen LogP contribution in [-0.4, -0.2) is 41.6 Å². The first-order valence-corrected chi connectivity index (χ1v) is 8.38. The zero-order chi connectivity index (χ0) is 16.3. The van der Waals surface area contributed by atoms with E-state index in [1.807, 2.05) is 37.3 Å². The normalized spacial score (nSPS) is 27.5. The molecule has 1 N–H and O–H groups in total. The number of carbonyl (C=O) groups is 2. The summed E-state index contributed by atoms with van der Waals surface area (Å²) in [5.74, 6) is -0.114. The SMILES string of the molecule is CC1(CCc2ccccc2)NC(=O)N(CCC2CCCO2)C1=O. The zero-order valence-electron chi connectivity index (χ0n) is 13.6. The van der Waals surface area contributed by atoms with Gasteiger partial charge in [0.25, 0.3) is 5.91 Å². The molecule has 0 bridgehead atoms. The van der Waals surface area contributed by atoms with E-state index >= 15 is 0 Å². The largest absolute Gasteiger partial charge is 0.378 e. The predicted molar refractivity (Wildman–Crippen MR) is 87.0 cm³/mol. The molecule has 1 aromatic carbocycles. The Bertz CT molecular complexity index is 569. The average molecular weight is 316 g/mol. The molecule has 2 atom stereocenters. The van der Waals surface area contributed by atoms with E-state index in [0.29, 0.717) is 13.0 Å². The summed E-state index contributed by atoms with van der Waals surface area (Å²) >= 11 is 0. The van der Waals surface area contributed by atoms with E-state index in [0.717, 1.165) is 32.3 Å². The van der Waals surface area contributed by atoms with E-state index in [1.165, 1.54) is 10.5 Å². The maximum Gasteiger partial charge on any atom is 0.325 e. The number of hydrogen-bond donors (Lipinski definition) is 1. The molecule has 1 aromatic rings. The summed E-state index contributed by atoms with van der Waals surface area (Å²) in [6.45, 7) is 3.05. The van der Waals surface area contributed by atoms with Crippen LogP contribution in [0.5, 0.6) is 0 Å². The Morgan fingerprint density at radius 2 is 2.09 bits per heavy atom. The number of urea groups is 1. The van der Waals surface area contributed by atoms with Gasteiger partial charge in [0.2, 0.25) is 0 Å². The molecule has 2 unspecified atom stereocenters. The summed E-state index contributed by atoms with van der Waals surface area (Å²) in [5.41, 5.74) is 0.372. The summed E-state index contributed by atoms with van der Waals surface area (Å²) in [5, 5.41) is 2.87. The van der Waals surface area contributed by atoms with E-state index in [-0.39, 0.29) is 18.0 Å². The Kier molecular flexibility index (Phi) is 4.66. The van der Waals surface area contributed by atoms with Crippen LogP contribution in [0.15, 0.2) is 30.3 Å². The van der Waals surface area contributed by atoms with Crippen molar-refractivity contribution in [2.24, 2.45) is 0 Å². The highest BCUT2D eigenvalue weighted by Gasteiger charge is 2.47. The van der Waals surface area contributed by atoms with Crippen LogP contribution < -0.4 is 5.32 Å². The second-order valence-electron chi connectivity index (χ2n) is 6.63. The number of hydrogen-bond acceptors (Lipinski definition) is 3. The Hall–Kier alpha value is -1.88. The second-order valence-corrected chi connectivity index (χ2v) is 6.63. The van der Waals surface area contributed by atoms with Crippen LogP contribution >= 0.6 is 0 Å². The average Bonchev–Trinajstić information content (AvgIpc) is 3.13. The van der Waals surface area contributed by atoms with Gasteiger partial charge in [-0.1, -0.05) is 30.3 Å². The van der Waals surface area contributed by atoms with Crippen molar-refractivity contribution < 1.29 is 14.3 Å². The summed E-state index contributed by atoms with van der Waals surface area (Å²) in [6, 6.07) is 9.75. The van der Waals surface area contributed by atoms with Gasteiger partial charge in [0, 0.05) is 13.2 Å². The molecule has 0 aromatic heterocycles. The molecular weight excluding hydrogens is 292 g/mol. The lowest BCUT2D eigenvalue weighted by Crippen LogP contribution is -2.44. The number of aryl methyl sites for hydroxylation is 1. The molecule has 2 aliphatic rings. The lowest BCUT2D eigenvalue weighted by atomic mass is 9.93. The summed E-state index contributed by atoms with van der Waals surface area (Å²) < 4.78 is 5.57. The molecule has 2 saturated heterocycles. The minimum absolute atomic E-state index is 0.114. The number of benzene rings is 1. The molecule has 0 saturated carbocycles. The van der Waals surface area contributed by atoms with E-state index in [9.17, 15) is 9.59 Å². The minimum Gasteiger partial charge on any atom is -0.378 e. The first-order valence-electron chi connectivity index (χ1n) is 8.38. The van der Waals surface area contributed by atoms with Crippen LogP contribution in [0, 0.1) is 0 Å². The molecule has 2 heterocycles. The van der Waals surface area contributed by atoms with Gasteiger partial charge in [0.1, 0.15) is 5.54 Å². The molecule has 3 rings (SSSR count). The molecule has 0 aliphatic carbocycles. The van der Waals surface area contributed by atoms with Crippen LogP contribution in [0.1, 0.15) is 38.2 Å². The quantitative estimate of drug-likeness (QED) is 0.820. The molecule has 23 heavy (non-hydrogen) atoms. The number of nitrogens with zero attached hydrogens (tertiary/aromatic N) is 1. The molecule has 5 heteroatoms. The molecular formula is C18H24N2O3. The van der Waals surface area contributed by atoms with Gasteiger partial charge in [-0.05, 0) is 44.6 Å². The topological polar surface area (TPSA) is 58.6 Å². The van der Waals surface area contributed by atoms with Crippen molar-refractivity contribution in [3.63, 3.8) is 0 Å². The van der Waals surface area contributed by atoms with Gasteiger partial charge < -0.3 is 10.1 Å². The summed E-state index contributed by atoms with van der Waals surface area (Å²) in [7, 11) is 0. The molecule has 3 amide bonds. The number of carbonyl (C=O) groups excluding carboxylic acids is 2. The van der Waals surface area contributed by atoms with E-state index in [2.05, 4.69) is 5.32 Å². The number of imide groups is 1. The molecule has 0 spiro atoms. The van der Waals surface area contributed by atoms with Crippen molar-refractivity contribution in [1.29, 1.82) is 0 Å². The fraction of sp³-hybridized carbons (Fsp3) is 0.556. The van der Waals surface area contributed by atoms with Gasteiger partial charge >= 0.3 is 6.03 Å². The lowest BCUT2D eigenvalue weighted by molar-refractivity contribution is -0.131.